The first-order chi connectivity index (χ1) is 6.09. The summed E-state index contributed by atoms with van der Waals surface area (Å²) in [7, 11) is 4.04. The maximum absolute atomic E-state index is 9.76. The number of aliphatic hydroxyl groups excluding tert-OH is 1. The fraction of sp³-hybridized carbons (Fsp3) is 0.556. The minimum absolute atomic E-state index is 0.295. The molecule has 0 bridgehead atoms. The summed E-state index contributed by atoms with van der Waals surface area (Å²) in [6.07, 6.45) is 0.514. The number of aliphatic hydroxyl groups is 1. The van der Waals surface area contributed by atoms with Crippen LogP contribution in [0.15, 0.2) is 12.1 Å². The highest BCUT2D eigenvalue weighted by Crippen LogP contribution is 2.26. The van der Waals surface area contributed by atoms with E-state index in [9.17, 15) is 5.11 Å². The molecule has 0 spiro atoms. The van der Waals surface area contributed by atoms with Crippen LogP contribution < -0.4 is 0 Å². The van der Waals surface area contributed by atoms with Crippen LogP contribution in [-0.2, 0) is 0 Å². The lowest BCUT2D eigenvalue weighted by Crippen LogP contribution is -2.15. The summed E-state index contributed by atoms with van der Waals surface area (Å²) in [5, 5.41) is 9.76. The minimum atomic E-state index is -0.295. The molecule has 0 fully saturated rings. The summed E-state index contributed by atoms with van der Waals surface area (Å²) in [4.78, 5) is 3.16. The molecule has 1 aromatic heterocycles. The highest BCUT2D eigenvalue weighted by atomic mass is 127. The maximum Gasteiger partial charge on any atom is 0.0894 e. The van der Waals surface area contributed by atoms with Gasteiger partial charge < -0.3 is 10.0 Å². The molecule has 0 aromatic carbocycles. The van der Waals surface area contributed by atoms with E-state index in [4.69, 9.17) is 0 Å². The van der Waals surface area contributed by atoms with Crippen molar-refractivity contribution in [2.24, 2.45) is 0 Å². The van der Waals surface area contributed by atoms with Crippen molar-refractivity contribution in [2.45, 2.75) is 12.5 Å². The van der Waals surface area contributed by atoms with Gasteiger partial charge in [0.15, 0.2) is 0 Å². The lowest BCUT2D eigenvalue weighted by atomic mass is 10.2. The van der Waals surface area contributed by atoms with Gasteiger partial charge >= 0.3 is 0 Å². The monoisotopic (exact) mass is 311 g/mol. The molecule has 4 heteroatoms. The first-order valence-corrected chi connectivity index (χ1v) is 6.07. The average Bonchev–Trinajstić information content (AvgIpc) is 2.47. The van der Waals surface area contributed by atoms with Crippen LogP contribution in [-0.4, -0.2) is 30.6 Å². The zero-order valence-electron chi connectivity index (χ0n) is 7.83. The Bertz CT molecular complexity index is 262. The Kier molecular flexibility index (Phi) is 4.64. The second kappa shape index (κ2) is 5.29. The molecule has 0 aliphatic heterocycles. The largest absolute Gasteiger partial charge is 0.388 e. The van der Waals surface area contributed by atoms with Crippen molar-refractivity contribution in [3.8, 4) is 0 Å². The van der Waals surface area contributed by atoms with Gasteiger partial charge in [0.25, 0.3) is 0 Å². The van der Waals surface area contributed by atoms with E-state index in [-0.39, 0.29) is 6.10 Å². The molecule has 0 aliphatic rings. The van der Waals surface area contributed by atoms with Crippen molar-refractivity contribution in [2.75, 3.05) is 20.6 Å². The zero-order valence-corrected chi connectivity index (χ0v) is 10.8. The van der Waals surface area contributed by atoms with E-state index in [1.165, 1.54) is 2.88 Å². The van der Waals surface area contributed by atoms with E-state index < -0.39 is 0 Å². The Morgan fingerprint density at radius 3 is 2.69 bits per heavy atom. The first kappa shape index (κ1) is 11.4. The van der Waals surface area contributed by atoms with Gasteiger partial charge in [-0.2, -0.15) is 0 Å². The minimum Gasteiger partial charge on any atom is -0.388 e. The highest BCUT2D eigenvalue weighted by Gasteiger charge is 2.09. The molecule has 0 aliphatic carbocycles. The number of nitrogens with zero attached hydrogens (tertiary/aromatic N) is 1. The molecule has 74 valence electrons. The van der Waals surface area contributed by atoms with Gasteiger partial charge in [0.05, 0.1) is 8.99 Å². The molecule has 1 heterocycles. The van der Waals surface area contributed by atoms with Crippen LogP contribution in [0.4, 0.5) is 0 Å². The standard InChI is InChI=1S/C9H14INOS/c1-11(2)6-5-7(12)8-3-4-9(10)13-8/h3-4,7,12H,5-6H2,1-2H3. The lowest BCUT2D eigenvalue weighted by Gasteiger charge is -2.12. The molecule has 1 aromatic rings. The molecule has 0 amide bonds. The van der Waals surface area contributed by atoms with E-state index >= 15 is 0 Å². The fourth-order valence-electron chi connectivity index (χ4n) is 1.03. The smallest absolute Gasteiger partial charge is 0.0894 e. The summed E-state index contributed by atoms with van der Waals surface area (Å²) < 4.78 is 1.23. The Labute approximate surface area is 96.7 Å². The Morgan fingerprint density at radius 1 is 1.54 bits per heavy atom. The van der Waals surface area contributed by atoms with Gasteiger partial charge in [-0.05, 0) is 55.2 Å². The molecule has 0 saturated heterocycles. The fourth-order valence-corrected chi connectivity index (χ4v) is 2.72. The zero-order chi connectivity index (χ0) is 9.84. The summed E-state index contributed by atoms with van der Waals surface area (Å²) >= 11 is 3.94. The van der Waals surface area contributed by atoms with E-state index in [2.05, 4.69) is 27.5 Å². The van der Waals surface area contributed by atoms with Crippen molar-refractivity contribution < 1.29 is 5.11 Å². The van der Waals surface area contributed by atoms with Gasteiger partial charge in [-0.15, -0.1) is 11.3 Å². The molecule has 13 heavy (non-hydrogen) atoms. The molecule has 2 nitrogen and oxygen atoms in total. The van der Waals surface area contributed by atoms with Crippen LogP contribution in [0.3, 0.4) is 0 Å². The van der Waals surface area contributed by atoms with Gasteiger partial charge in [-0.1, -0.05) is 0 Å². The average molecular weight is 311 g/mol. The molecular formula is C9H14INOS. The summed E-state index contributed by atoms with van der Waals surface area (Å²) in [5.74, 6) is 0. The van der Waals surface area contributed by atoms with Crippen LogP contribution in [0.5, 0.6) is 0 Å². The summed E-state index contributed by atoms with van der Waals surface area (Å²) in [6, 6.07) is 4.05. The Morgan fingerprint density at radius 2 is 2.23 bits per heavy atom. The maximum atomic E-state index is 9.76. The predicted octanol–water partition coefficient (Wildman–Crippen LogP) is 2.34. The third-order valence-electron chi connectivity index (χ3n) is 1.77. The molecule has 1 rings (SSSR count). The quantitative estimate of drug-likeness (QED) is 0.863. The Hall–Kier alpha value is 0.350. The number of rotatable bonds is 4. The van der Waals surface area contributed by atoms with Crippen molar-refractivity contribution >= 4 is 33.9 Å². The van der Waals surface area contributed by atoms with Gasteiger partial charge in [-0.3, -0.25) is 0 Å². The van der Waals surface area contributed by atoms with E-state index in [0.717, 1.165) is 17.8 Å². The van der Waals surface area contributed by atoms with Crippen LogP contribution in [0.25, 0.3) is 0 Å². The van der Waals surface area contributed by atoms with Crippen molar-refractivity contribution in [1.82, 2.24) is 4.90 Å². The molecule has 1 atom stereocenters. The number of thiophene rings is 1. The van der Waals surface area contributed by atoms with Gasteiger partial charge in [0, 0.05) is 11.4 Å². The van der Waals surface area contributed by atoms with Crippen molar-refractivity contribution in [3.05, 3.63) is 19.9 Å². The van der Waals surface area contributed by atoms with Gasteiger partial charge in [0.1, 0.15) is 0 Å². The summed E-state index contributed by atoms with van der Waals surface area (Å²) in [5.41, 5.74) is 0. The van der Waals surface area contributed by atoms with E-state index in [1.54, 1.807) is 11.3 Å². The molecular weight excluding hydrogens is 297 g/mol. The van der Waals surface area contributed by atoms with Gasteiger partial charge in [-0.25, -0.2) is 0 Å². The van der Waals surface area contributed by atoms with Crippen LogP contribution in [0.2, 0.25) is 0 Å². The normalized spacial score (nSPS) is 13.6. The summed E-state index contributed by atoms with van der Waals surface area (Å²) in [6.45, 7) is 0.926. The number of halogens is 1. The molecule has 1 N–H and O–H groups in total. The number of hydrogen-bond acceptors (Lipinski definition) is 3. The number of hydrogen-bond donors (Lipinski definition) is 1. The Balaban J connectivity index is 2.44. The highest BCUT2D eigenvalue weighted by molar-refractivity contribution is 14.1. The topological polar surface area (TPSA) is 23.5 Å². The SMILES string of the molecule is CN(C)CCC(O)c1ccc(I)s1. The van der Waals surface area contributed by atoms with Crippen LogP contribution in [0.1, 0.15) is 17.4 Å². The van der Waals surface area contributed by atoms with Crippen molar-refractivity contribution in [1.29, 1.82) is 0 Å². The van der Waals surface area contributed by atoms with Crippen LogP contribution in [0, 0.1) is 2.88 Å². The van der Waals surface area contributed by atoms with Crippen LogP contribution >= 0.6 is 33.9 Å². The molecule has 1 unspecified atom stereocenters. The second-order valence-corrected chi connectivity index (χ2v) is 6.26. The van der Waals surface area contributed by atoms with Gasteiger partial charge in [0.2, 0.25) is 0 Å². The predicted molar refractivity (Wildman–Crippen MR) is 65.2 cm³/mol. The third-order valence-corrected chi connectivity index (χ3v) is 3.77. The second-order valence-electron chi connectivity index (χ2n) is 3.25. The van der Waals surface area contributed by atoms with E-state index in [0.29, 0.717) is 0 Å². The molecule has 0 radical (unpaired) electrons. The first-order valence-electron chi connectivity index (χ1n) is 4.17. The third kappa shape index (κ3) is 3.93. The lowest BCUT2D eigenvalue weighted by molar-refractivity contribution is 0.158. The van der Waals surface area contributed by atoms with Crippen molar-refractivity contribution in [3.63, 3.8) is 0 Å². The van der Waals surface area contributed by atoms with E-state index in [1.807, 2.05) is 26.2 Å². The molecule has 0 saturated carbocycles.